The largest absolute Gasteiger partial charge is 0.456 e. The zero-order valence-electron chi connectivity index (χ0n) is 41.0. The van der Waals surface area contributed by atoms with E-state index in [0.717, 1.165) is 38.9 Å². The van der Waals surface area contributed by atoms with E-state index in [1.807, 2.05) is 11.3 Å². The van der Waals surface area contributed by atoms with E-state index in [1.165, 1.54) is 103 Å². The molecule has 333 valence electrons. The lowest BCUT2D eigenvalue weighted by Gasteiger charge is -2.29. The third-order valence-electron chi connectivity index (χ3n) is 15.4. The topological polar surface area (TPSA) is 30.1 Å². The van der Waals surface area contributed by atoms with Crippen LogP contribution >= 0.6 is 11.3 Å². The molecule has 11 aromatic rings. The van der Waals surface area contributed by atoms with Crippen LogP contribution in [0.3, 0.4) is 0 Å². The summed E-state index contributed by atoms with van der Waals surface area (Å²) in [6.07, 6.45) is 0. The Balaban J connectivity index is 1.21. The summed E-state index contributed by atoms with van der Waals surface area (Å²) in [6.45, 7) is 25.6. The highest BCUT2D eigenvalue weighted by Gasteiger charge is 2.43. The number of anilines is 2. The minimum atomic E-state index is -0.297. The number of furan rings is 1. The second-order valence-electron chi connectivity index (χ2n) is 23.3. The van der Waals surface area contributed by atoms with Gasteiger partial charge in [-0.3, -0.25) is 0 Å². The maximum absolute atomic E-state index is 6.83. The van der Waals surface area contributed by atoms with Gasteiger partial charge in [0.05, 0.1) is 11.2 Å². The monoisotopic (exact) mass is 899 g/mol. The number of nitrogens with zero attached hydrogens (tertiary/aromatic N) is 1. The number of hydrogen-bond donors (Lipinski definition) is 1. The van der Waals surface area contributed by atoms with E-state index in [9.17, 15) is 0 Å². The second kappa shape index (κ2) is 13.8. The summed E-state index contributed by atoms with van der Waals surface area (Å²) in [6, 6.07) is 50.9. The molecule has 5 heteroatoms. The van der Waals surface area contributed by atoms with E-state index in [0.29, 0.717) is 0 Å². The van der Waals surface area contributed by atoms with Crippen LogP contribution in [0.25, 0.3) is 91.9 Å². The van der Waals surface area contributed by atoms with Gasteiger partial charge in [0.2, 0.25) is 0 Å². The molecule has 0 spiro atoms. The van der Waals surface area contributed by atoms with Crippen molar-refractivity contribution in [2.45, 2.75) is 97.8 Å². The van der Waals surface area contributed by atoms with Gasteiger partial charge in [0, 0.05) is 75.7 Å². The van der Waals surface area contributed by atoms with Crippen LogP contribution in [0.4, 0.5) is 11.4 Å². The highest BCUT2D eigenvalue weighted by molar-refractivity contribution is 7.26. The quantitative estimate of drug-likeness (QED) is 0.179. The molecule has 13 rings (SSSR count). The molecule has 0 atom stereocenters. The van der Waals surface area contributed by atoms with Crippen LogP contribution in [0.5, 0.6) is 0 Å². The first kappa shape index (κ1) is 41.6. The molecule has 0 amide bonds. The first-order valence-corrected chi connectivity index (χ1v) is 25.1. The first-order valence-electron chi connectivity index (χ1n) is 24.3. The molecule has 8 aromatic carbocycles. The summed E-state index contributed by atoms with van der Waals surface area (Å²) in [5, 5.41) is 11.6. The third kappa shape index (κ3) is 5.90. The Hall–Kier alpha value is -6.56. The van der Waals surface area contributed by atoms with Crippen LogP contribution in [0.15, 0.2) is 138 Å². The lowest BCUT2D eigenvalue weighted by Crippen LogP contribution is -2.38. The van der Waals surface area contributed by atoms with Crippen LogP contribution in [0.2, 0.25) is 0 Å². The Morgan fingerprint density at radius 2 is 1.22 bits per heavy atom. The van der Waals surface area contributed by atoms with Crippen molar-refractivity contribution in [3.63, 3.8) is 0 Å². The lowest BCUT2D eigenvalue weighted by molar-refractivity contribution is 0.590. The molecule has 0 bridgehead atoms. The van der Waals surface area contributed by atoms with Gasteiger partial charge in [0.1, 0.15) is 11.2 Å². The van der Waals surface area contributed by atoms with Gasteiger partial charge in [-0.25, -0.2) is 0 Å². The Bertz CT molecular complexity index is 3990. The number of fused-ring (bicyclic) bond motifs is 15. The normalized spacial score (nSPS) is 14.3. The zero-order valence-corrected chi connectivity index (χ0v) is 41.9. The summed E-state index contributed by atoms with van der Waals surface area (Å²) < 4.78 is 12.1. The second-order valence-corrected chi connectivity index (χ2v) is 24.4. The number of aromatic nitrogens is 1. The maximum atomic E-state index is 6.83. The SMILES string of the molecule is CC(C)(C)c1ccc(Nc2cc3oc4ccc(C(C)(C)C)cc4c3cc2-c2c3c(c4c5cc(C(C)(C)C)ccc5n5c4c2[B]c2cc4sc6ccccc6c4cc2-5)C(C)(C)c2ccccc2-3)cc1. The average molecular weight is 900 g/mol. The summed E-state index contributed by atoms with van der Waals surface area (Å²) in [4.78, 5) is 0. The van der Waals surface area contributed by atoms with Crippen molar-refractivity contribution in [2.24, 2.45) is 0 Å². The van der Waals surface area contributed by atoms with Crippen molar-refractivity contribution in [3.8, 4) is 27.9 Å². The number of rotatable bonds is 3. The fourth-order valence-corrected chi connectivity index (χ4v) is 12.9. The van der Waals surface area contributed by atoms with Gasteiger partial charge in [-0.2, -0.15) is 0 Å². The van der Waals surface area contributed by atoms with Crippen molar-refractivity contribution in [1.29, 1.82) is 0 Å². The highest BCUT2D eigenvalue weighted by atomic mass is 32.1. The highest BCUT2D eigenvalue weighted by Crippen LogP contribution is 2.58. The van der Waals surface area contributed by atoms with Gasteiger partial charge in [-0.05, 0) is 127 Å². The Morgan fingerprint density at radius 1 is 0.559 bits per heavy atom. The Kier molecular flexibility index (Phi) is 8.44. The molecule has 3 nitrogen and oxygen atoms in total. The lowest BCUT2D eigenvalue weighted by atomic mass is 9.57. The van der Waals surface area contributed by atoms with Crippen molar-refractivity contribution in [1.82, 2.24) is 4.57 Å². The maximum Gasteiger partial charge on any atom is 0.198 e. The average Bonchev–Trinajstić information content (AvgIpc) is 4.01. The van der Waals surface area contributed by atoms with E-state index >= 15 is 0 Å². The predicted octanol–water partition coefficient (Wildman–Crippen LogP) is 16.6. The summed E-state index contributed by atoms with van der Waals surface area (Å²) in [7, 11) is 2.53. The standard InChI is InChI=1S/C63H56BN2OS/c1-60(2,3)34-20-24-37(25-21-34)65-47-33-51-41(40-28-36(62(7,8)9)23-27-50(40)67-51)30-43(47)55-54-39-17-12-14-18-45(39)63(10,11)57(54)56-44-29-35(61(4,5)6)22-26-48(44)66-49-31-42-38-16-13-15-19-52(38)68-53(42)32-46(49)64-58(55)59(56)66/h12-33,65H,1-11H3. The molecule has 68 heavy (non-hydrogen) atoms. The molecule has 3 aromatic heterocycles. The smallest absolute Gasteiger partial charge is 0.198 e. The van der Waals surface area contributed by atoms with Crippen molar-refractivity contribution < 1.29 is 4.42 Å². The van der Waals surface area contributed by atoms with Crippen molar-refractivity contribution >= 4 is 105 Å². The van der Waals surface area contributed by atoms with E-state index in [2.05, 4.69) is 227 Å². The fourth-order valence-electron chi connectivity index (χ4n) is 11.8. The molecule has 1 aliphatic carbocycles. The molecule has 0 fully saturated rings. The van der Waals surface area contributed by atoms with Gasteiger partial charge < -0.3 is 14.3 Å². The van der Waals surface area contributed by atoms with Crippen molar-refractivity contribution in [2.75, 3.05) is 5.32 Å². The summed E-state index contributed by atoms with van der Waals surface area (Å²) in [5.74, 6) is 0. The van der Waals surface area contributed by atoms with E-state index < -0.39 is 0 Å². The fraction of sp³-hybridized carbons (Fsp3) is 0.238. The van der Waals surface area contributed by atoms with E-state index in [-0.39, 0.29) is 21.7 Å². The number of benzene rings is 8. The molecule has 1 N–H and O–H groups in total. The van der Waals surface area contributed by atoms with Crippen LogP contribution in [0.1, 0.15) is 104 Å². The minimum absolute atomic E-state index is 0.0188. The Labute approximate surface area is 404 Å². The van der Waals surface area contributed by atoms with Gasteiger partial charge in [0.15, 0.2) is 7.28 Å². The van der Waals surface area contributed by atoms with Crippen molar-refractivity contribution in [3.05, 3.63) is 161 Å². The minimum Gasteiger partial charge on any atom is -0.456 e. The molecular weight excluding hydrogens is 844 g/mol. The van der Waals surface area contributed by atoms with Gasteiger partial charge in [-0.1, -0.05) is 148 Å². The van der Waals surface area contributed by atoms with Crippen LogP contribution in [-0.2, 0) is 21.7 Å². The summed E-state index contributed by atoms with van der Waals surface area (Å²) >= 11 is 1.89. The van der Waals surface area contributed by atoms with Crippen LogP contribution in [0, 0.1) is 0 Å². The van der Waals surface area contributed by atoms with Gasteiger partial charge in [-0.15, -0.1) is 11.3 Å². The van der Waals surface area contributed by atoms with Gasteiger partial charge in [0.25, 0.3) is 0 Å². The first-order chi connectivity index (χ1) is 32.3. The predicted molar refractivity (Wildman–Crippen MR) is 295 cm³/mol. The molecule has 4 heterocycles. The Morgan fingerprint density at radius 3 is 1.97 bits per heavy atom. The number of nitrogens with one attached hydrogen (secondary N) is 1. The van der Waals surface area contributed by atoms with Crippen LogP contribution < -0.4 is 16.2 Å². The molecule has 0 unspecified atom stereocenters. The zero-order chi connectivity index (χ0) is 47.0. The molecule has 0 saturated heterocycles. The molecule has 0 saturated carbocycles. The van der Waals surface area contributed by atoms with E-state index in [4.69, 9.17) is 4.42 Å². The number of thiophene rings is 1. The van der Waals surface area contributed by atoms with E-state index in [1.54, 1.807) is 0 Å². The molecule has 2 aliphatic rings. The number of hydrogen-bond acceptors (Lipinski definition) is 3. The third-order valence-corrected chi connectivity index (χ3v) is 16.6. The molecule has 1 aliphatic heterocycles. The van der Waals surface area contributed by atoms with Gasteiger partial charge >= 0.3 is 0 Å². The molecule has 1 radical (unpaired) electrons. The van der Waals surface area contributed by atoms with Crippen LogP contribution in [-0.4, -0.2) is 11.8 Å². The molecular formula is C63H56BN2OS. The summed E-state index contributed by atoms with van der Waals surface area (Å²) in [5.41, 5.74) is 21.5.